The number of unbranched alkanes of at least 4 members (excludes halogenated alkanes) is 6. The minimum Gasteiger partial charge on any atom is -0.497 e. The van der Waals surface area contributed by atoms with Gasteiger partial charge in [-0.2, -0.15) is 0 Å². The summed E-state index contributed by atoms with van der Waals surface area (Å²) in [4.78, 5) is 14.9. The van der Waals surface area contributed by atoms with Crippen molar-refractivity contribution < 1.29 is 9.47 Å². The highest BCUT2D eigenvalue weighted by atomic mass is 16.5. The maximum Gasteiger partial charge on any atom is 0.248 e. The van der Waals surface area contributed by atoms with Crippen molar-refractivity contribution in [3.63, 3.8) is 0 Å². The summed E-state index contributed by atoms with van der Waals surface area (Å²) in [6, 6.07) is 5.43. The molecule has 2 rings (SSSR count). The number of methoxy groups -OCH3 is 2. The number of pyridine rings is 1. The SMILES string of the molecule is CCCCCCCCCc1cc(=O)[nH]c2cc(OC)cc(OC)c12. The van der Waals surface area contributed by atoms with Gasteiger partial charge >= 0.3 is 0 Å². The predicted molar refractivity (Wildman–Crippen MR) is 99.4 cm³/mol. The van der Waals surface area contributed by atoms with E-state index >= 15 is 0 Å². The van der Waals surface area contributed by atoms with Crippen molar-refractivity contribution in [1.82, 2.24) is 4.98 Å². The summed E-state index contributed by atoms with van der Waals surface area (Å²) in [6.07, 6.45) is 9.72. The zero-order valence-electron chi connectivity index (χ0n) is 15.1. The fraction of sp³-hybridized carbons (Fsp3) is 0.550. The Morgan fingerprint density at radius 3 is 2.29 bits per heavy atom. The molecule has 0 spiro atoms. The summed E-state index contributed by atoms with van der Waals surface area (Å²) < 4.78 is 10.8. The molecule has 0 aliphatic heterocycles. The molecule has 2 aromatic rings. The Morgan fingerprint density at radius 1 is 0.917 bits per heavy atom. The summed E-state index contributed by atoms with van der Waals surface area (Å²) in [7, 11) is 3.26. The summed E-state index contributed by atoms with van der Waals surface area (Å²) in [5, 5.41) is 0.990. The zero-order valence-corrected chi connectivity index (χ0v) is 15.1. The molecule has 0 saturated heterocycles. The van der Waals surface area contributed by atoms with Gasteiger partial charge in [-0.1, -0.05) is 45.4 Å². The van der Waals surface area contributed by atoms with Gasteiger partial charge in [0.25, 0.3) is 0 Å². The second-order valence-corrected chi connectivity index (χ2v) is 6.28. The molecular weight excluding hydrogens is 302 g/mol. The number of benzene rings is 1. The molecule has 1 N–H and O–H groups in total. The molecule has 4 nitrogen and oxygen atoms in total. The lowest BCUT2D eigenvalue weighted by Crippen LogP contribution is -2.08. The number of hydrogen-bond donors (Lipinski definition) is 1. The molecule has 1 heterocycles. The maximum atomic E-state index is 12.0. The summed E-state index contributed by atoms with van der Waals surface area (Å²) >= 11 is 0. The minimum absolute atomic E-state index is 0.0734. The van der Waals surface area contributed by atoms with E-state index < -0.39 is 0 Å². The van der Waals surface area contributed by atoms with Crippen molar-refractivity contribution in [3.8, 4) is 11.5 Å². The number of nitrogens with one attached hydrogen (secondary N) is 1. The Kier molecular flexibility index (Phi) is 7.16. The minimum atomic E-state index is -0.0734. The van der Waals surface area contributed by atoms with Gasteiger partial charge in [-0.15, -0.1) is 0 Å². The Morgan fingerprint density at radius 2 is 1.62 bits per heavy atom. The highest BCUT2D eigenvalue weighted by Gasteiger charge is 2.11. The second-order valence-electron chi connectivity index (χ2n) is 6.28. The highest BCUT2D eigenvalue weighted by molar-refractivity contribution is 5.89. The van der Waals surface area contributed by atoms with Crippen LogP contribution in [0.1, 0.15) is 57.4 Å². The van der Waals surface area contributed by atoms with Crippen LogP contribution < -0.4 is 15.0 Å². The van der Waals surface area contributed by atoms with Gasteiger partial charge < -0.3 is 14.5 Å². The van der Waals surface area contributed by atoms with Gasteiger partial charge in [0.1, 0.15) is 11.5 Å². The second kappa shape index (κ2) is 9.36. The predicted octanol–water partition coefficient (Wildman–Crippen LogP) is 4.84. The largest absolute Gasteiger partial charge is 0.497 e. The smallest absolute Gasteiger partial charge is 0.248 e. The number of hydrogen-bond acceptors (Lipinski definition) is 3. The van der Waals surface area contributed by atoms with Crippen LogP contribution in [0.15, 0.2) is 23.0 Å². The van der Waals surface area contributed by atoms with Gasteiger partial charge in [-0.25, -0.2) is 0 Å². The van der Waals surface area contributed by atoms with Crippen molar-refractivity contribution in [2.24, 2.45) is 0 Å². The number of aryl methyl sites for hydroxylation is 1. The van der Waals surface area contributed by atoms with Crippen molar-refractivity contribution in [1.29, 1.82) is 0 Å². The Balaban J connectivity index is 2.13. The molecule has 1 aromatic heterocycles. The molecule has 0 radical (unpaired) electrons. The number of H-pyrrole nitrogens is 1. The number of ether oxygens (including phenoxy) is 2. The first-order chi connectivity index (χ1) is 11.7. The monoisotopic (exact) mass is 331 g/mol. The Bertz CT molecular complexity index is 706. The molecule has 0 aliphatic rings. The lowest BCUT2D eigenvalue weighted by atomic mass is 10.0. The molecule has 1 aromatic carbocycles. The molecule has 0 unspecified atom stereocenters. The third-order valence-electron chi connectivity index (χ3n) is 4.47. The molecule has 132 valence electrons. The third-order valence-corrected chi connectivity index (χ3v) is 4.47. The highest BCUT2D eigenvalue weighted by Crippen LogP contribution is 2.32. The van der Waals surface area contributed by atoms with Gasteiger partial charge in [-0.3, -0.25) is 4.79 Å². The van der Waals surface area contributed by atoms with Crippen LogP contribution in [0.25, 0.3) is 10.9 Å². The van der Waals surface area contributed by atoms with Crippen molar-refractivity contribution in [2.45, 2.75) is 58.3 Å². The van der Waals surface area contributed by atoms with Gasteiger partial charge in [0.05, 0.1) is 19.7 Å². The molecule has 24 heavy (non-hydrogen) atoms. The molecule has 0 atom stereocenters. The topological polar surface area (TPSA) is 51.3 Å². The van der Waals surface area contributed by atoms with Crippen LogP contribution in [-0.2, 0) is 6.42 Å². The average Bonchev–Trinajstić information content (AvgIpc) is 2.59. The van der Waals surface area contributed by atoms with E-state index in [0.29, 0.717) is 5.75 Å². The van der Waals surface area contributed by atoms with Gasteiger partial charge in [-0.05, 0) is 18.4 Å². The van der Waals surface area contributed by atoms with E-state index in [0.717, 1.165) is 35.1 Å². The van der Waals surface area contributed by atoms with Crippen LogP contribution in [0.3, 0.4) is 0 Å². The molecule has 0 bridgehead atoms. The summed E-state index contributed by atoms with van der Waals surface area (Å²) in [5.74, 6) is 1.43. The lowest BCUT2D eigenvalue weighted by Gasteiger charge is -2.12. The fourth-order valence-electron chi connectivity index (χ4n) is 3.17. The number of fused-ring (bicyclic) bond motifs is 1. The normalized spacial score (nSPS) is 11.0. The number of rotatable bonds is 10. The zero-order chi connectivity index (χ0) is 17.4. The van der Waals surface area contributed by atoms with E-state index in [4.69, 9.17) is 9.47 Å². The molecular formula is C20H29NO3. The van der Waals surface area contributed by atoms with E-state index in [1.165, 1.54) is 38.5 Å². The van der Waals surface area contributed by atoms with Crippen molar-refractivity contribution >= 4 is 10.9 Å². The van der Waals surface area contributed by atoms with E-state index in [2.05, 4.69) is 11.9 Å². The Labute approximate surface area is 144 Å². The third kappa shape index (κ3) is 4.76. The number of aromatic amines is 1. The van der Waals surface area contributed by atoms with Crippen LogP contribution >= 0.6 is 0 Å². The Hall–Kier alpha value is -1.97. The van der Waals surface area contributed by atoms with Crippen LogP contribution in [0.2, 0.25) is 0 Å². The van der Waals surface area contributed by atoms with E-state index in [-0.39, 0.29) is 5.56 Å². The van der Waals surface area contributed by atoms with Crippen molar-refractivity contribution in [3.05, 3.63) is 34.1 Å². The van der Waals surface area contributed by atoms with E-state index in [1.54, 1.807) is 20.3 Å². The lowest BCUT2D eigenvalue weighted by molar-refractivity contribution is 0.397. The molecule has 0 saturated carbocycles. The standard InChI is InChI=1S/C20H29NO3/c1-4-5-6-7-8-9-10-11-15-12-19(22)21-17-13-16(23-2)14-18(24-3)20(15)17/h12-14H,4-11H2,1-3H3,(H,21,22). The first-order valence-electron chi connectivity index (χ1n) is 8.97. The number of aromatic nitrogens is 1. The van der Waals surface area contributed by atoms with Gasteiger partial charge in [0, 0.05) is 23.6 Å². The summed E-state index contributed by atoms with van der Waals surface area (Å²) in [5.41, 5.74) is 1.76. The van der Waals surface area contributed by atoms with E-state index in [1.807, 2.05) is 12.1 Å². The molecule has 4 heteroatoms. The molecule has 0 amide bonds. The molecule has 0 fully saturated rings. The van der Waals surface area contributed by atoms with Crippen LogP contribution in [0, 0.1) is 0 Å². The molecule has 0 aliphatic carbocycles. The summed E-state index contributed by atoms with van der Waals surface area (Å²) in [6.45, 7) is 2.24. The maximum absolute atomic E-state index is 12.0. The van der Waals surface area contributed by atoms with Crippen molar-refractivity contribution in [2.75, 3.05) is 14.2 Å². The van der Waals surface area contributed by atoms with Crippen LogP contribution in [0.4, 0.5) is 0 Å². The van der Waals surface area contributed by atoms with Crippen LogP contribution in [0.5, 0.6) is 11.5 Å². The van der Waals surface area contributed by atoms with Gasteiger partial charge in [0.2, 0.25) is 5.56 Å². The fourth-order valence-corrected chi connectivity index (χ4v) is 3.17. The van der Waals surface area contributed by atoms with Crippen LogP contribution in [-0.4, -0.2) is 19.2 Å². The quantitative estimate of drug-likeness (QED) is 0.634. The average molecular weight is 331 g/mol. The first-order valence-corrected chi connectivity index (χ1v) is 8.97. The van der Waals surface area contributed by atoms with Gasteiger partial charge in [0.15, 0.2) is 0 Å². The first kappa shape index (κ1) is 18.4. The van der Waals surface area contributed by atoms with E-state index in [9.17, 15) is 4.79 Å².